The van der Waals surface area contributed by atoms with Crippen molar-refractivity contribution in [3.8, 4) is 0 Å². The first-order valence-corrected chi connectivity index (χ1v) is 5.77. The van der Waals surface area contributed by atoms with Gasteiger partial charge in [0.05, 0.1) is 11.8 Å². The molecule has 0 aromatic carbocycles. The molecular formula is C14H14N2O2. The van der Waals surface area contributed by atoms with Crippen molar-refractivity contribution < 1.29 is 9.59 Å². The number of carbonyl (C=O) groups excluding carboxylic acids is 2. The summed E-state index contributed by atoms with van der Waals surface area (Å²) >= 11 is 0. The molecule has 0 aliphatic heterocycles. The molecule has 0 unspecified atom stereocenters. The van der Waals surface area contributed by atoms with Gasteiger partial charge in [0, 0.05) is 13.1 Å². The monoisotopic (exact) mass is 242 g/mol. The Morgan fingerprint density at radius 1 is 0.722 bits per heavy atom. The Morgan fingerprint density at radius 2 is 1.06 bits per heavy atom. The van der Waals surface area contributed by atoms with Crippen LogP contribution in [0.3, 0.4) is 0 Å². The van der Waals surface area contributed by atoms with Crippen LogP contribution in [-0.2, 0) is 9.59 Å². The second-order valence-electron chi connectivity index (χ2n) is 3.86. The van der Waals surface area contributed by atoms with Crippen LogP contribution in [0.25, 0.3) is 0 Å². The van der Waals surface area contributed by atoms with E-state index in [-0.39, 0.29) is 11.8 Å². The first kappa shape index (κ1) is 13.4. The zero-order valence-electron chi connectivity index (χ0n) is 9.85. The van der Waals surface area contributed by atoms with Gasteiger partial charge in [0.2, 0.25) is 11.8 Å². The molecule has 2 fully saturated rings. The Bertz CT molecular complexity index is 262. The molecule has 2 saturated carbocycles. The Kier molecular flexibility index (Phi) is 5.02. The number of carbonyl (C=O) groups is 2. The van der Waals surface area contributed by atoms with Gasteiger partial charge in [0.15, 0.2) is 0 Å². The lowest BCUT2D eigenvalue weighted by molar-refractivity contribution is -0.120. The van der Waals surface area contributed by atoms with Crippen LogP contribution < -0.4 is 10.6 Å². The largest absolute Gasteiger partial charge is 0.354 e. The van der Waals surface area contributed by atoms with Gasteiger partial charge < -0.3 is 10.6 Å². The highest BCUT2D eigenvalue weighted by Crippen LogP contribution is 2.23. The fourth-order valence-corrected chi connectivity index (χ4v) is 1.61. The summed E-state index contributed by atoms with van der Waals surface area (Å²) in [6.07, 6.45) is 14.2. The highest BCUT2D eigenvalue weighted by Gasteiger charge is 2.25. The zero-order chi connectivity index (χ0) is 12.8. The molecule has 2 aliphatic rings. The molecule has 0 spiro atoms. The first-order chi connectivity index (χ1) is 8.77. The van der Waals surface area contributed by atoms with Crippen LogP contribution in [0.15, 0.2) is 0 Å². The van der Waals surface area contributed by atoms with Crippen LogP contribution in [0.1, 0.15) is 0 Å². The van der Waals surface area contributed by atoms with E-state index in [2.05, 4.69) is 10.6 Å². The molecule has 92 valence electrons. The Hall–Kier alpha value is -1.06. The van der Waals surface area contributed by atoms with E-state index >= 15 is 0 Å². The molecule has 0 bridgehead atoms. The van der Waals surface area contributed by atoms with Crippen molar-refractivity contribution in [2.24, 2.45) is 0 Å². The van der Waals surface area contributed by atoms with Crippen LogP contribution in [0, 0.1) is 63.2 Å². The molecule has 0 aromatic rings. The van der Waals surface area contributed by atoms with E-state index in [1.54, 1.807) is 25.7 Å². The predicted molar refractivity (Wildman–Crippen MR) is 66.9 cm³/mol. The van der Waals surface area contributed by atoms with E-state index in [4.69, 9.17) is 0 Å². The minimum atomic E-state index is -0.123. The van der Waals surface area contributed by atoms with E-state index in [9.17, 15) is 9.59 Å². The fourth-order valence-electron chi connectivity index (χ4n) is 1.61. The lowest BCUT2D eigenvalue weighted by atomic mass is 10.1. The van der Waals surface area contributed by atoms with Gasteiger partial charge in [-0.25, -0.2) is 0 Å². The summed E-state index contributed by atoms with van der Waals surface area (Å²) in [5, 5.41) is 5.46. The Morgan fingerprint density at radius 3 is 1.39 bits per heavy atom. The molecule has 4 nitrogen and oxygen atoms in total. The van der Waals surface area contributed by atoms with Gasteiger partial charge in [-0.05, 0) is 51.4 Å². The average Bonchev–Trinajstić information content (AvgIpc) is 3.05. The van der Waals surface area contributed by atoms with E-state index in [0.29, 0.717) is 24.9 Å². The normalized spacial score (nSPS) is 21.1. The van der Waals surface area contributed by atoms with Crippen LogP contribution in [0.5, 0.6) is 0 Å². The first-order valence-electron chi connectivity index (χ1n) is 5.77. The lowest BCUT2D eigenvalue weighted by Gasteiger charge is -2.11. The number of hydrogen-bond acceptors (Lipinski definition) is 2. The van der Waals surface area contributed by atoms with Gasteiger partial charge in [-0.15, -0.1) is 0 Å². The van der Waals surface area contributed by atoms with Gasteiger partial charge in [-0.3, -0.25) is 9.59 Å². The summed E-state index contributed by atoms with van der Waals surface area (Å²) in [6, 6.07) is 0. The van der Waals surface area contributed by atoms with E-state index < -0.39 is 0 Å². The van der Waals surface area contributed by atoms with Gasteiger partial charge in [0.25, 0.3) is 0 Å². The molecule has 2 rings (SSSR count). The summed E-state index contributed by atoms with van der Waals surface area (Å²) < 4.78 is 0. The van der Waals surface area contributed by atoms with Gasteiger partial charge in [0.1, 0.15) is 0 Å². The summed E-state index contributed by atoms with van der Waals surface area (Å²) in [5.41, 5.74) is 0. The third-order valence-corrected chi connectivity index (χ3v) is 2.55. The van der Waals surface area contributed by atoms with Crippen molar-refractivity contribution in [1.82, 2.24) is 10.6 Å². The van der Waals surface area contributed by atoms with E-state index in [0.717, 1.165) is 0 Å². The Balaban J connectivity index is 1.55. The molecule has 4 heteroatoms. The average molecular weight is 242 g/mol. The number of rotatable bonds is 5. The zero-order valence-corrected chi connectivity index (χ0v) is 9.85. The predicted octanol–water partition coefficient (Wildman–Crippen LogP) is 0.0293. The van der Waals surface area contributed by atoms with Crippen LogP contribution in [0.4, 0.5) is 0 Å². The topological polar surface area (TPSA) is 58.2 Å². The molecule has 18 heavy (non-hydrogen) atoms. The quantitative estimate of drug-likeness (QED) is 0.668. The smallest absolute Gasteiger partial charge is 0.228 e. The fraction of sp³-hybridized carbons (Fsp3) is 0.143. The van der Waals surface area contributed by atoms with Gasteiger partial charge in [-0.1, -0.05) is 0 Å². The molecule has 10 radical (unpaired) electrons. The Labute approximate surface area is 109 Å². The summed E-state index contributed by atoms with van der Waals surface area (Å²) in [6.45, 7) is 0.826. The van der Waals surface area contributed by atoms with Crippen molar-refractivity contribution in [3.05, 3.63) is 63.2 Å². The standard InChI is InChI=1S/C14H14N2O2/c17-13(11-5-1-2-6-11)15-9-10-16-14(18)12-7-3-4-8-12/h1-8H,9-10H2,(H,15,17)(H,16,18). The SMILES string of the molecule is O=C(NCCNC(=O)[C]1[CH][CH][CH][CH]1)[C]1[CH][CH][CH][CH]1. The minimum Gasteiger partial charge on any atom is -0.354 e. The summed E-state index contributed by atoms with van der Waals surface area (Å²) in [7, 11) is 0. The van der Waals surface area contributed by atoms with E-state index in [1.165, 1.54) is 0 Å². The number of amides is 2. The van der Waals surface area contributed by atoms with Crippen LogP contribution in [-0.4, -0.2) is 24.9 Å². The van der Waals surface area contributed by atoms with Crippen molar-refractivity contribution in [2.45, 2.75) is 0 Å². The number of hydrogen-bond donors (Lipinski definition) is 2. The lowest BCUT2D eigenvalue weighted by Crippen LogP contribution is -2.38. The maximum Gasteiger partial charge on any atom is 0.228 e. The van der Waals surface area contributed by atoms with Crippen molar-refractivity contribution >= 4 is 11.8 Å². The third-order valence-electron chi connectivity index (χ3n) is 2.55. The minimum absolute atomic E-state index is 0.123. The summed E-state index contributed by atoms with van der Waals surface area (Å²) in [4.78, 5) is 23.1. The molecule has 0 saturated heterocycles. The second kappa shape index (κ2) is 6.76. The van der Waals surface area contributed by atoms with Crippen molar-refractivity contribution in [2.75, 3.05) is 13.1 Å². The molecule has 2 aliphatic carbocycles. The van der Waals surface area contributed by atoms with E-state index in [1.807, 2.05) is 25.7 Å². The summed E-state index contributed by atoms with van der Waals surface area (Å²) in [5.74, 6) is 1.03. The third kappa shape index (κ3) is 3.72. The van der Waals surface area contributed by atoms with Crippen LogP contribution in [0.2, 0.25) is 0 Å². The molecule has 2 N–H and O–H groups in total. The number of nitrogens with one attached hydrogen (secondary N) is 2. The van der Waals surface area contributed by atoms with Gasteiger partial charge >= 0.3 is 0 Å². The maximum absolute atomic E-state index is 11.6. The van der Waals surface area contributed by atoms with Crippen LogP contribution >= 0.6 is 0 Å². The molecule has 0 atom stereocenters. The highest BCUT2D eigenvalue weighted by molar-refractivity contribution is 5.96. The molecule has 0 aromatic heterocycles. The maximum atomic E-state index is 11.6. The van der Waals surface area contributed by atoms with Crippen molar-refractivity contribution in [1.29, 1.82) is 0 Å². The molecular weight excluding hydrogens is 228 g/mol. The molecule has 0 heterocycles. The van der Waals surface area contributed by atoms with Gasteiger partial charge in [-0.2, -0.15) is 0 Å². The highest BCUT2D eigenvalue weighted by atomic mass is 16.2. The van der Waals surface area contributed by atoms with Crippen molar-refractivity contribution in [3.63, 3.8) is 0 Å². The second-order valence-corrected chi connectivity index (χ2v) is 3.86. The molecule has 2 amide bonds.